The quantitative estimate of drug-likeness (QED) is 0.839. The zero-order valence-electron chi connectivity index (χ0n) is 7.71. The lowest BCUT2D eigenvalue weighted by Crippen LogP contribution is -2.14. The van der Waals surface area contributed by atoms with E-state index in [0.29, 0.717) is 16.0 Å². The second-order valence-electron chi connectivity index (χ2n) is 3.49. The molecule has 0 aromatic carbocycles. The molecule has 1 aliphatic carbocycles. The first-order valence-corrected chi connectivity index (χ1v) is 5.49. The van der Waals surface area contributed by atoms with Crippen molar-refractivity contribution in [3.63, 3.8) is 0 Å². The minimum atomic E-state index is -0.115. The highest BCUT2D eigenvalue weighted by molar-refractivity contribution is 6.43. The molecule has 15 heavy (non-hydrogen) atoms. The molecule has 0 saturated heterocycles. The molecule has 0 radical (unpaired) electrons. The molecule has 0 amide bonds. The molecule has 2 N–H and O–H groups in total. The predicted octanol–water partition coefficient (Wildman–Crippen LogP) is 3.87. The van der Waals surface area contributed by atoms with Crippen LogP contribution in [0.25, 0.3) is 0 Å². The summed E-state index contributed by atoms with van der Waals surface area (Å²) in [4.78, 5) is 3.85. The Morgan fingerprint density at radius 2 is 1.93 bits per heavy atom. The lowest BCUT2D eigenvalue weighted by molar-refractivity contribution is 0.633. The summed E-state index contributed by atoms with van der Waals surface area (Å²) in [6.07, 6.45) is 3.76. The van der Waals surface area contributed by atoms with Crippen LogP contribution in [-0.2, 0) is 0 Å². The van der Waals surface area contributed by atoms with E-state index >= 15 is 0 Å². The summed E-state index contributed by atoms with van der Waals surface area (Å²) < 4.78 is 0. The third-order valence-electron chi connectivity index (χ3n) is 2.43. The Morgan fingerprint density at radius 1 is 1.33 bits per heavy atom. The largest absolute Gasteiger partial charge is 0.324 e. The fraction of sp³-hybridized carbons (Fsp3) is 0.444. The van der Waals surface area contributed by atoms with E-state index < -0.39 is 0 Å². The lowest BCUT2D eigenvalue weighted by atomic mass is 10.1. The van der Waals surface area contributed by atoms with Crippen molar-refractivity contribution in [3.8, 4) is 0 Å². The van der Waals surface area contributed by atoms with Gasteiger partial charge in [-0.25, -0.2) is 4.98 Å². The summed E-state index contributed by atoms with van der Waals surface area (Å²) in [5, 5.41) is 1.15. The van der Waals surface area contributed by atoms with Gasteiger partial charge in [0, 0.05) is 17.8 Å². The third-order valence-corrected chi connectivity index (χ3v) is 3.50. The van der Waals surface area contributed by atoms with Crippen LogP contribution in [0, 0.1) is 5.92 Å². The molecule has 0 spiro atoms. The minimum Gasteiger partial charge on any atom is -0.324 e. The highest BCUT2D eigenvalue weighted by Gasteiger charge is 2.32. The van der Waals surface area contributed by atoms with Crippen molar-refractivity contribution in [1.82, 2.24) is 4.98 Å². The molecule has 0 bridgehead atoms. The fourth-order valence-corrected chi connectivity index (χ4v) is 2.20. The van der Waals surface area contributed by atoms with Gasteiger partial charge >= 0.3 is 0 Å². The maximum atomic E-state index is 6.02. The average Bonchev–Trinajstić information content (AvgIpc) is 2.95. The molecule has 0 unspecified atom stereocenters. The molecule has 2 nitrogen and oxygen atoms in total. The Hall–Kier alpha value is 0.270. The third kappa shape index (κ3) is 2.69. The first-order chi connectivity index (χ1) is 6.61. The molecule has 1 atom stereocenters. The van der Waals surface area contributed by atoms with E-state index in [2.05, 4.69) is 4.98 Å². The van der Waals surface area contributed by atoms with Gasteiger partial charge in [0.2, 0.25) is 0 Å². The zero-order valence-corrected chi connectivity index (χ0v) is 10.8. The van der Waals surface area contributed by atoms with Gasteiger partial charge in [-0.2, -0.15) is 0 Å². The monoisotopic (exact) mass is 286 g/mol. The van der Waals surface area contributed by atoms with Crippen molar-refractivity contribution in [2.75, 3.05) is 0 Å². The minimum absolute atomic E-state index is 0. The molecule has 1 aromatic heterocycles. The number of aromatic nitrogens is 1. The van der Waals surface area contributed by atoms with Crippen molar-refractivity contribution in [1.29, 1.82) is 0 Å². The molecule has 1 saturated carbocycles. The summed E-state index contributed by atoms with van der Waals surface area (Å²) in [7, 11) is 0. The number of hydrogen-bond donors (Lipinski definition) is 1. The molecule has 0 aliphatic heterocycles. The van der Waals surface area contributed by atoms with Crippen molar-refractivity contribution < 1.29 is 0 Å². The molecule has 6 heteroatoms. The summed E-state index contributed by atoms with van der Waals surface area (Å²) in [6, 6.07) is -0.115. The summed E-state index contributed by atoms with van der Waals surface area (Å²) in [6.45, 7) is 0. The first-order valence-electron chi connectivity index (χ1n) is 4.36. The van der Waals surface area contributed by atoms with Crippen molar-refractivity contribution in [3.05, 3.63) is 27.0 Å². The van der Waals surface area contributed by atoms with E-state index in [0.717, 1.165) is 18.4 Å². The van der Waals surface area contributed by atoms with Crippen LogP contribution >= 0.6 is 47.2 Å². The lowest BCUT2D eigenvalue weighted by Gasteiger charge is -2.14. The van der Waals surface area contributed by atoms with Crippen LogP contribution in [0.15, 0.2) is 6.20 Å². The molecule has 1 fully saturated rings. The van der Waals surface area contributed by atoms with Gasteiger partial charge in [-0.15, -0.1) is 12.4 Å². The Balaban J connectivity index is 0.00000112. The number of halogens is 4. The summed E-state index contributed by atoms with van der Waals surface area (Å²) in [5.74, 6) is 0.489. The number of pyridine rings is 1. The molecular formula is C9H10Cl4N2. The maximum absolute atomic E-state index is 6.02. The Morgan fingerprint density at radius 3 is 2.47 bits per heavy atom. The van der Waals surface area contributed by atoms with Crippen LogP contribution in [0.2, 0.25) is 15.2 Å². The van der Waals surface area contributed by atoms with Crippen molar-refractivity contribution in [2.45, 2.75) is 18.9 Å². The zero-order chi connectivity index (χ0) is 10.3. The van der Waals surface area contributed by atoms with Crippen LogP contribution in [-0.4, -0.2) is 4.98 Å². The van der Waals surface area contributed by atoms with E-state index in [1.165, 1.54) is 6.20 Å². The van der Waals surface area contributed by atoms with Crippen LogP contribution in [0.5, 0.6) is 0 Å². The van der Waals surface area contributed by atoms with Gasteiger partial charge in [0.1, 0.15) is 5.15 Å². The topological polar surface area (TPSA) is 38.9 Å². The van der Waals surface area contributed by atoms with Gasteiger partial charge in [-0.3, -0.25) is 0 Å². The van der Waals surface area contributed by atoms with Gasteiger partial charge < -0.3 is 5.73 Å². The van der Waals surface area contributed by atoms with E-state index in [4.69, 9.17) is 40.5 Å². The van der Waals surface area contributed by atoms with E-state index in [9.17, 15) is 0 Å². The van der Waals surface area contributed by atoms with Gasteiger partial charge in [-0.1, -0.05) is 34.8 Å². The van der Waals surface area contributed by atoms with Crippen LogP contribution < -0.4 is 5.73 Å². The molecule has 1 aromatic rings. The Labute approximate surface area is 110 Å². The molecule has 84 valence electrons. The molecule has 2 rings (SSSR count). The second kappa shape index (κ2) is 5.07. The predicted molar refractivity (Wildman–Crippen MR) is 66.2 cm³/mol. The molecule has 1 heterocycles. The first kappa shape index (κ1) is 13.3. The van der Waals surface area contributed by atoms with Gasteiger partial charge in [0.05, 0.1) is 10.0 Å². The smallest absolute Gasteiger partial charge is 0.148 e. The summed E-state index contributed by atoms with van der Waals surface area (Å²) in [5.41, 5.74) is 6.75. The summed E-state index contributed by atoms with van der Waals surface area (Å²) >= 11 is 17.8. The maximum Gasteiger partial charge on any atom is 0.148 e. The van der Waals surface area contributed by atoms with E-state index in [1.54, 1.807) is 0 Å². The highest BCUT2D eigenvalue weighted by atomic mass is 35.5. The van der Waals surface area contributed by atoms with Crippen LogP contribution in [0.1, 0.15) is 24.4 Å². The molecular weight excluding hydrogens is 278 g/mol. The average molecular weight is 288 g/mol. The molecule has 1 aliphatic rings. The number of nitrogens with zero attached hydrogens (tertiary/aromatic N) is 1. The number of nitrogens with two attached hydrogens (primary N) is 1. The SMILES string of the molecule is Cl.N[C@H](c1c(Cl)cnc(Cl)c1Cl)C1CC1. The Bertz CT molecular complexity index is 365. The van der Waals surface area contributed by atoms with Crippen molar-refractivity contribution >= 4 is 47.2 Å². The van der Waals surface area contributed by atoms with E-state index in [1.807, 2.05) is 0 Å². The van der Waals surface area contributed by atoms with Crippen LogP contribution in [0.4, 0.5) is 0 Å². The van der Waals surface area contributed by atoms with Gasteiger partial charge in [0.15, 0.2) is 0 Å². The highest BCUT2D eigenvalue weighted by Crippen LogP contribution is 2.44. The fourth-order valence-electron chi connectivity index (χ4n) is 1.45. The normalized spacial score (nSPS) is 17.1. The Kier molecular flexibility index (Phi) is 4.50. The van der Waals surface area contributed by atoms with E-state index in [-0.39, 0.29) is 23.6 Å². The van der Waals surface area contributed by atoms with Crippen molar-refractivity contribution in [2.24, 2.45) is 11.7 Å². The number of rotatable bonds is 2. The second-order valence-corrected chi connectivity index (χ2v) is 4.63. The standard InChI is InChI=1S/C9H9Cl3N2.ClH/c10-5-3-14-9(12)7(11)6(5)8(13)4-1-2-4;/h3-4,8H,1-2,13H2;1H/t8-;/m0./s1. The van der Waals surface area contributed by atoms with Crippen LogP contribution in [0.3, 0.4) is 0 Å². The van der Waals surface area contributed by atoms with Gasteiger partial charge in [-0.05, 0) is 18.8 Å². The number of hydrogen-bond acceptors (Lipinski definition) is 2. The van der Waals surface area contributed by atoms with Gasteiger partial charge in [0.25, 0.3) is 0 Å².